The SMILES string of the molecule is CCCOCCCCCCCCCCCCc1cccs1. The minimum atomic E-state index is 0.937. The lowest BCUT2D eigenvalue weighted by atomic mass is 10.1. The van der Waals surface area contributed by atoms with E-state index in [1.807, 2.05) is 11.3 Å². The van der Waals surface area contributed by atoms with Crippen molar-refractivity contribution in [2.75, 3.05) is 13.2 Å². The van der Waals surface area contributed by atoms with E-state index in [0.717, 1.165) is 19.6 Å². The van der Waals surface area contributed by atoms with Crippen LogP contribution in [0.25, 0.3) is 0 Å². The van der Waals surface area contributed by atoms with Crippen LogP contribution in [-0.2, 0) is 11.2 Å². The molecule has 1 aromatic heterocycles. The van der Waals surface area contributed by atoms with Crippen LogP contribution in [0.5, 0.6) is 0 Å². The van der Waals surface area contributed by atoms with Crippen molar-refractivity contribution in [3.05, 3.63) is 22.4 Å². The fourth-order valence-corrected chi connectivity index (χ4v) is 3.37. The highest BCUT2D eigenvalue weighted by Crippen LogP contribution is 2.15. The highest BCUT2D eigenvalue weighted by atomic mass is 32.1. The van der Waals surface area contributed by atoms with Crippen molar-refractivity contribution in [3.63, 3.8) is 0 Å². The molecule has 0 fully saturated rings. The summed E-state index contributed by atoms with van der Waals surface area (Å²) >= 11 is 1.90. The first-order chi connectivity index (χ1) is 10.4. The Morgan fingerprint density at radius 1 is 0.810 bits per heavy atom. The van der Waals surface area contributed by atoms with Gasteiger partial charge in [0.1, 0.15) is 0 Å². The van der Waals surface area contributed by atoms with E-state index in [9.17, 15) is 0 Å². The van der Waals surface area contributed by atoms with Gasteiger partial charge in [-0.15, -0.1) is 11.3 Å². The standard InChI is InChI=1S/C19H34OS/c1-2-16-20-17-12-10-8-6-4-3-5-7-9-11-14-19-15-13-18-21-19/h13,15,18H,2-12,14,16-17H2,1H3. The molecule has 2 heteroatoms. The fraction of sp³-hybridized carbons (Fsp3) is 0.789. The van der Waals surface area contributed by atoms with E-state index in [0.29, 0.717) is 0 Å². The molecule has 1 rings (SSSR count). The van der Waals surface area contributed by atoms with E-state index in [-0.39, 0.29) is 0 Å². The minimum absolute atomic E-state index is 0.937. The van der Waals surface area contributed by atoms with Gasteiger partial charge in [-0.05, 0) is 37.1 Å². The molecule has 1 aromatic rings. The van der Waals surface area contributed by atoms with E-state index >= 15 is 0 Å². The molecule has 0 unspecified atom stereocenters. The summed E-state index contributed by atoms with van der Waals surface area (Å²) in [7, 11) is 0. The molecule has 0 bridgehead atoms. The summed E-state index contributed by atoms with van der Waals surface area (Å²) in [4.78, 5) is 1.55. The Balaban J connectivity index is 1.69. The van der Waals surface area contributed by atoms with Crippen molar-refractivity contribution in [1.29, 1.82) is 0 Å². The van der Waals surface area contributed by atoms with Gasteiger partial charge >= 0.3 is 0 Å². The molecule has 0 saturated heterocycles. The Kier molecular flexibility index (Phi) is 13.0. The molecule has 0 N–H and O–H groups in total. The second-order valence-corrected chi connectivity index (χ2v) is 7.01. The normalized spacial score (nSPS) is 11.1. The molecule has 0 saturated carbocycles. The predicted molar refractivity (Wildman–Crippen MR) is 95.3 cm³/mol. The molecule has 0 aliphatic heterocycles. The second kappa shape index (κ2) is 14.6. The van der Waals surface area contributed by atoms with E-state index in [1.165, 1.54) is 70.6 Å². The largest absolute Gasteiger partial charge is 0.381 e. The Morgan fingerprint density at radius 3 is 2.00 bits per heavy atom. The fourth-order valence-electron chi connectivity index (χ4n) is 2.62. The average molecular weight is 311 g/mol. The average Bonchev–Trinajstić information content (AvgIpc) is 3.01. The van der Waals surface area contributed by atoms with Gasteiger partial charge in [0.25, 0.3) is 0 Å². The van der Waals surface area contributed by atoms with Crippen molar-refractivity contribution in [1.82, 2.24) is 0 Å². The molecule has 1 nitrogen and oxygen atoms in total. The maximum atomic E-state index is 5.49. The Morgan fingerprint density at radius 2 is 1.43 bits per heavy atom. The van der Waals surface area contributed by atoms with Crippen LogP contribution in [0.2, 0.25) is 0 Å². The van der Waals surface area contributed by atoms with Gasteiger partial charge in [0.2, 0.25) is 0 Å². The molecule has 0 spiro atoms. The number of aryl methyl sites for hydroxylation is 1. The highest BCUT2D eigenvalue weighted by molar-refractivity contribution is 7.09. The summed E-state index contributed by atoms with van der Waals surface area (Å²) in [5.41, 5.74) is 0. The second-order valence-electron chi connectivity index (χ2n) is 5.98. The summed E-state index contributed by atoms with van der Waals surface area (Å²) in [6.07, 6.45) is 16.4. The molecule has 122 valence electrons. The summed E-state index contributed by atoms with van der Waals surface area (Å²) in [5.74, 6) is 0. The highest BCUT2D eigenvalue weighted by Gasteiger charge is 1.95. The van der Waals surface area contributed by atoms with Gasteiger partial charge in [-0.25, -0.2) is 0 Å². The molecule has 0 aromatic carbocycles. The quantitative estimate of drug-likeness (QED) is 0.331. The molecule has 0 aliphatic carbocycles. The number of hydrogen-bond donors (Lipinski definition) is 0. The lowest BCUT2D eigenvalue weighted by Gasteiger charge is -2.03. The van der Waals surface area contributed by atoms with Crippen LogP contribution < -0.4 is 0 Å². The van der Waals surface area contributed by atoms with Crippen LogP contribution in [0.15, 0.2) is 17.5 Å². The van der Waals surface area contributed by atoms with Crippen molar-refractivity contribution >= 4 is 11.3 Å². The van der Waals surface area contributed by atoms with Crippen molar-refractivity contribution in [2.45, 2.75) is 84.0 Å². The van der Waals surface area contributed by atoms with E-state index in [1.54, 1.807) is 4.88 Å². The van der Waals surface area contributed by atoms with Crippen LogP contribution in [0, 0.1) is 0 Å². The van der Waals surface area contributed by atoms with E-state index in [2.05, 4.69) is 24.4 Å². The van der Waals surface area contributed by atoms with Crippen molar-refractivity contribution in [2.24, 2.45) is 0 Å². The zero-order chi connectivity index (χ0) is 15.0. The monoisotopic (exact) mass is 310 g/mol. The molecular formula is C19H34OS. The molecule has 0 radical (unpaired) electrons. The molecule has 0 atom stereocenters. The maximum absolute atomic E-state index is 5.49. The summed E-state index contributed by atoms with van der Waals surface area (Å²) in [5, 5.41) is 2.19. The van der Waals surface area contributed by atoms with E-state index in [4.69, 9.17) is 4.74 Å². The van der Waals surface area contributed by atoms with Crippen LogP contribution in [0.3, 0.4) is 0 Å². The number of ether oxygens (including phenoxy) is 1. The number of rotatable bonds is 15. The number of unbranched alkanes of at least 4 members (excludes halogenated alkanes) is 9. The number of hydrogen-bond acceptors (Lipinski definition) is 2. The van der Waals surface area contributed by atoms with Gasteiger partial charge in [-0.2, -0.15) is 0 Å². The number of thiophene rings is 1. The third kappa shape index (κ3) is 11.9. The first kappa shape index (κ1) is 18.7. The first-order valence-corrected chi connectivity index (χ1v) is 9.91. The van der Waals surface area contributed by atoms with Crippen molar-refractivity contribution in [3.8, 4) is 0 Å². The lowest BCUT2D eigenvalue weighted by Crippen LogP contribution is -1.95. The molecule has 0 amide bonds. The van der Waals surface area contributed by atoms with E-state index < -0.39 is 0 Å². The minimum Gasteiger partial charge on any atom is -0.381 e. The first-order valence-electron chi connectivity index (χ1n) is 9.03. The van der Waals surface area contributed by atoms with Crippen LogP contribution >= 0.6 is 11.3 Å². The van der Waals surface area contributed by atoms with Gasteiger partial charge in [0, 0.05) is 18.1 Å². The molecule has 1 heterocycles. The molecule has 21 heavy (non-hydrogen) atoms. The Hall–Kier alpha value is -0.340. The predicted octanol–water partition coefficient (Wildman–Crippen LogP) is 6.62. The van der Waals surface area contributed by atoms with Crippen LogP contribution in [0.4, 0.5) is 0 Å². The molecule has 0 aliphatic rings. The summed E-state index contributed by atoms with van der Waals surface area (Å²) < 4.78 is 5.49. The third-order valence-corrected chi connectivity index (χ3v) is 4.83. The topological polar surface area (TPSA) is 9.23 Å². The van der Waals surface area contributed by atoms with Gasteiger partial charge in [0.15, 0.2) is 0 Å². The van der Waals surface area contributed by atoms with Crippen molar-refractivity contribution < 1.29 is 4.74 Å². The lowest BCUT2D eigenvalue weighted by molar-refractivity contribution is 0.130. The third-order valence-electron chi connectivity index (χ3n) is 3.89. The van der Waals surface area contributed by atoms with Gasteiger partial charge in [0.05, 0.1) is 0 Å². The Labute approximate surface area is 136 Å². The Bertz CT molecular complexity index is 295. The maximum Gasteiger partial charge on any atom is 0.0466 e. The van der Waals surface area contributed by atoms with Crippen LogP contribution in [-0.4, -0.2) is 13.2 Å². The van der Waals surface area contributed by atoms with Gasteiger partial charge < -0.3 is 4.74 Å². The summed E-state index contributed by atoms with van der Waals surface area (Å²) in [6.45, 7) is 4.08. The van der Waals surface area contributed by atoms with Gasteiger partial charge in [-0.3, -0.25) is 0 Å². The smallest absolute Gasteiger partial charge is 0.0466 e. The summed E-state index contributed by atoms with van der Waals surface area (Å²) in [6, 6.07) is 4.42. The zero-order valence-electron chi connectivity index (χ0n) is 13.9. The zero-order valence-corrected chi connectivity index (χ0v) is 14.8. The molecular weight excluding hydrogens is 276 g/mol. The van der Waals surface area contributed by atoms with Crippen LogP contribution in [0.1, 0.15) is 82.4 Å². The van der Waals surface area contributed by atoms with Gasteiger partial charge in [-0.1, -0.05) is 64.4 Å².